The summed E-state index contributed by atoms with van der Waals surface area (Å²) in [6, 6.07) is 7.72. The normalized spacial score (nSPS) is 15.6. The van der Waals surface area contributed by atoms with Gasteiger partial charge in [0.25, 0.3) is 0 Å². The summed E-state index contributed by atoms with van der Waals surface area (Å²) >= 11 is 0.997. The summed E-state index contributed by atoms with van der Waals surface area (Å²) in [6.07, 6.45) is 7.18. The fourth-order valence-corrected chi connectivity index (χ4v) is 6.03. The molecule has 1 aliphatic heterocycles. The quantitative estimate of drug-likeness (QED) is 0.479. The van der Waals surface area contributed by atoms with Crippen molar-refractivity contribution in [3.63, 3.8) is 0 Å². The Bertz CT molecular complexity index is 938. The van der Waals surface area contributed by atoms with E-state index in [0.717, 1.165) is 31.4 Å². The number of thioether (sulfide) groups is 1. The molecule has 0 saturated heterocycles. The van der Waals surface area contributed by atoms with Gasteiger partial charge in [-0.1, -0.05) is 0 Å². The topological polar surface area (TPSA) is 71.2 Å². The van der Waals surface area contributed by atoms with Gasteiger partial charge < -0.3 is 0 Å². The van der Waals surface area contributed by atoms with Crippen molar-refractivity contribution in [1.29, 1.82) is 0 Å². The number of aromatic nitrogens is 2. The van der Waals surface area contributed by atoms with Gasteiger partial charge in [-0.2, -0.15) is 0 Å². The van der Waals surface area contributed by atoms with Gasteiger partial charge in [-0.15, -0.1) is 24.8 Å². The number of nitrogens with zero attached hydrogens (tertiary/aromatic N) is 2. The van der Waals surface area contributed by atoms with Crippen molar-refractivity contribution >= 4 is 79.2 Å². The molecule has 130 valence electrons. The number of fused-ring (bicyclic) bond motifs is 1. The van der Waals surface area contributed by atoms with Crippen LogP contribution in [0.1, 0.15) is 11.3 Å². The van der Waals surface area contributed by atoms with Gasteiger partial charge >= 0.3 is 143 Å². The summed E-state index contributed by atoms with van der Waals surface area (Å²) in [5, 5.41) is 1.88. The van der Waals surface area contributed by atoms with Crippen molar-refractivity contribution in [1.82, 2.24) is 9.97 Å². The number of aliphatic imine (C=N–C) groups is 1. The Morgan fingerprint density at radius 1 is 1.28 bits per heavy atom. The van der Waals surface area contributed by atoms with Crippen LogP contribution >= 0.6 is 36.6 Å². The van der Waals surface area contributed by atoms with Crippen LogP contribution in [0.25, 0.3) is 17.1 Å². The first-order chi connectivity index (χ1) is 11.3. The average molecular weight is 458 g/mol. The molecule has 1 N–H and O–H groups in total. The average Bonchev–Trinajstić information content (AvgIpc) is 3.28. The van der Waals surface area contributed by atoms with Gasteiger partial charge in [-0.05, 0) is 0 Å². The van der Waals surface area contributed by atoms with Gasteiger partial charge in [0.2, 0.25) is 0 Å². The number of carbonyl (C=O) groups is 1. The monoisotopic (exact) mass is 457 g/mol. The second kappa shape index (κ2) is 8.76. The molecule has 4 heterocycles. The van der Waals surface area contributed by atoms with E-state index in [1.165, 1.54) is 11.8 Å². The molecule has 0 aromatic carbocycles. The molecule has 0 spiro atoms. The van der Waals surface area contributed by atoms with E-state index in [9.17, 15) is 4.79 Å². The van der Waals surface area contributed by atoms with Crippen LogP contribution in [0.2, 0.25) is 0 Å². The first-order valence-electron chi connectivity index (χ1n) is 7.00. The Morgan fingerprint density at radius 3 is 2.96 bits per heavy atom. The van der Waals surface area contributed by atoms with Crippen LogP contribution in [0.5, 0.6) is 0 Å². The summed E-state index contributed by atoms with van der Waals surface area (Å²) < 4.78 is 6.29. The zero-order chi connectivity index (χ0) is 15.6. The molecule has 1 atom stereocenters. The number of pyridine rings is 1. The number of hydrogen-bond donors (Lipinski definition) is 1. The maximum atomic E-state index is 12.1. The maximum absolute atomic E-state index is 12.1. The van der Waals surface area contributed by atoms with Crippen molar-refractivity contribution in [3.05, 3.63) is 59.2 Å². The molecular formula is C16H14AsCl2N3O2S. The van der Waals surface area contributed by atoms with E-state index in [0.29, 0.717) is 4.91 Å². The standard InChI is InChI=1S/C16H12AsN3O2S.2ClH/c21-15-13(7-10-9-19-14-12(10)4-1-5-18-14)23-16(20-15)17-8-11-3-2-6-22-11;;/h1-7,9,17H,8H2,(H,18,19);2*1H. The molecule has 1 aliphatic rings. The molecule has 25 heavy (non-hydrogen) atoms. The molecule has 9 heteroatoms. The number of H-pyrrole nitrogens is 1. The molecule has 0 saturated carbocycles. The van der Waals surface area contributed by atoms with Crippen LogP contribution in [0.4, 0.5) is 0 Å². The van der Waals surface area contributed by atoms with Gasteiger partial charge in [-0.25, -0.2) is 0 Å². The van der Waals surface area contributed by atoms with E-state index in [-0.39, 0.29) is 30.7 Å². The zero-order valence-corrected chi connectivity index (χ0v) is 17.3. The molecule has 0 radical (unpaired) electrons. The second-order valence-corrected chi connectivity index (χ2v) is 9.18. The molecule has 0 fully saturated rings. The van der Waals surface area contributed by atoms with E-state index in [1.54, 1.807) is 12.5 Å². The van der Waals surface area contributed by atoms with Crippen LogP contribution in [0, 0.1) is 0 Å². The summed E-state index contributed by atoms with van der Waals surface area (Å²) in [5.41, 5.74) is 1.79. The molecule has 3 aromatic rings. The van der Waals surface area contributed by atoms with Gasteiger partial charge in [0.05, 0.1) is 0 Å². The fourth-order valence-electron chi connectivity index (χ4n) is 2.30. The molecular weight excluding hydrogens is 444 g/mol. The van der Waals surface area contributed by atoms with Crippen molar-refractivity contribution in [2.45, 2.75) is 5.21 Å². The van der Waals surface area contributed by atoms with Crippen molar-refractivity contribution in [3.8, 4) is 0 Å². The Labute approximate surface area is 167 Å². The van der Waals surface area contributed by atoms with E-state index >= 15 is 0 Å². The van der Waals surface area contributed by atoms with Crippen LogP contribution < -0.4 is 0 Å². The Morgan fingerprint density at radius 2 is 2.16 bits per heavy atom. The third-order valence-corrected chi connectivity index (χ3v) is 7.54. The molecule has 4 rings (SSSR count). The summed E-state index contributed by atoms with van der Waals surface area (Å²) in [7, 11) is 0. The molecule has 5 nitrogen and oxygen atoms in total. The van der Waals surface area contributed by atoms with Crippen LogP contribution in [-0.4, -0.2) is 35.5 Å². The van der Waals surface area contributed by atoms with Crippen LogP contribution in [0.15, 0.2) is 57.2 Å². The minimum atomic E-state index is -0.492. The third kappa shape index (κ3) is 4.39. The number of carbonyl (C=O) groups excluding carboxylic acids is 1. The van der Waals surface area contributed by atoms with E-state index in [2.05, 4.69) is 15.0 Å². The van der Waals surface area contributed by atoms with Crippen LogP contribution in [-0.2, 0) is 10.0 Å². The molecule has 1 amide bonds. The van der Waals surface area contributed by atoms with Gasteiger partial charge in [0.1, 0.15) is 0 Å². The molecule has 0 aliphatic carbocycles. The number of nitrogens with one attached hydrogen (secondary N) is 1. The van der Waals surface area contributed by atoms with Crippen LogP contribution in [0.3, 0.4) is 0 Å². The zero-order valence-electron chi connectivity index (χ0n) is 12.8. The summed E-state index contributed by atoms with van der Waals surface area (Å²) in [6.45, 7) is 0. The van der Waals surface area contributed by atoms with Gasteiger partial charge in [0, 0.05) is 0 Å². The molecule has 1 unspecified atom stereocenters. The van der Waals surface area contributed by atoms with E-state index < -0.39 is 15.8 Å². The summed E-state index contributed by atoms with van der Waals surface area (Å²) in [4.78, 5) is 24.3. The van der Waals surface area contributed by atoms with Crippen molar-refractivity contribution in [2.24, 2.45) is 4.99 Å². The number of halogens is 2. The SMILES string of the molecule is Cl.Cl.O=C1N=C([AsH]Cc2ccco2)SC1=Cc1c[nH]c2ncccc12. The van der Waals surface area contributed by atoms with Crippen molar-refractivity contribution in [2.75, 3.05) is 0 Å². The number of rotatable bonds is 4. The fraction of sp³-hybridized carbons (Fsp3) is 0.0625. The Kier molecular flexibility index (Phi) is 6.96. The number of aromatic amines is 1. The van der Waals surface area contributed by atoms with Gasteiger partial charge in [-0.3, -0.25) is 0 Å². The molecule has 0 bridgehead atoms. The van der Waals surface area contributed by atoms with Crippen molar-refractivity contribution < 1.29 is 9.21 Å². The predicted octanol–water partition coefficient (Wildman–Crippen LogP) is 3.61. The first-order valence-corrected chi connectivity index (χ1v) is 10.4. The van der Waals surface area contributed by atoms with Gasteiger partial charge in [0.15, 0.2) is 0 Å². The minimum absolute atomic E-state index is 0. The molecule has 3 aromatic heterocycles. The number of furan rings is 1. The van der Waals surface area contributed by atoms with E-state index in [1.807, 2.05) is 36.5 Å². The number of amides is 1. The third-order valence-electron chi connectivity index (χ3n) is 3.38. The first kappa shape index (κ1) is 19.9. The Balaban J connectivity index is 0.00000113. The van der Waals surface area contributed by atoms with E-state index in [4.69, 9.17) is 4.42 Å². The Hall–Kier alpha value is -1.46. The second-order valence-electron chi connectivity index (χ2n) is 4.91. The summed E-state index contributed by atoms with van der Waals surface area (Å²) in [5.74, 6) is 0.812. The number of hydrogen-bond acceptors (Lipinski definition) is 4. The predicted molar refractivity (Wildman–Crippen MR) is 108 cm³/mol.